The van der Waals surface area contributed by atoms with Gasteiger partial charge in [-0.2, -0.15) is 0 Å². The summed E-state index contributed by atoms with van der Waals surface area (Å²) in [4.78, 5) is 16.5. The number of nitrogens with zero attached hydrogens (tertiary/aromatic N) is 2. The van der Waals surface area contributed by atoms with E-state index in [-0.39, 0.29) is 5.54 Å². The summed E-state index contributed by atoms with van der Waals surface area (Å²) < 4.78 is 0. The maximum absolute atomic E-state index is 12.1. The van der Waals surface area contributed by atoms with E-state index < -0.39 is 0 Å². The summed E-state index contributed by atoms with van der Waals surface area (Å²) in [6.45, 7) is 12.1. The van der Waals surface area contributed by atoms with E-state index in [9.17, 15) is 4.79 Å². The van der Waals surface area contributed by atoms with Gasteiger partial charge in [-0.1, -0.05) is 6.92 Å². The van der Waals surface area contributed by atoms with Gasteiger partial charge >= 0.3 is 0 Å². The van der Waals surface area contributed by atoms with Crippen LogP contribution >= 0.6 is 0 Å². The first-order valence-corrected chi connectivity index (χ1v) is 7.06. The Bertz CT molecular complexity index is 273. The van der Waals surface area contributed by atoms with Crippen molar-refractivity contribution in [1.82, 2.24) is 15.1 Å². The van der Waals surface area contributed by atoms with Crippen molar-refractivity contribution >= 4 is 5.91 Å². The van der Waals surface area contributed by atoms with E-state index in [1.807, 2.05) is 4.90 Å². The first kappa shape index (κ1) is 15.4. The molecule has 4 nitrogen and oxygen atoms in total. The first-order valence-electron chi connectivity index (χ1n) is 7.06. The van der Waals surface area contributed by atoms with Crippen LogP contribution in [0.15, 0.2) is 0 Å². The summed E-state index contributed by atoms with van der Waals surface area (Å²) in [5.74, 6) is 0.290. The molecule has 0 aromatic rings. The van der Waals surface area contributed by atoms with Gasteiger partial charge in [-0.15, -0.1) is 0 Å². The molecule has 0 aromatic carbocycles. The second kappa shape index (κ2) is 6.53. The van der Waals surface area contributed by atoms with E-state index in [1.165, 1.54) is 0 Å². The number of amides is 1. The summed E-state index contributed by atoms with van der Waals surface area (Å²) in [5.41, 5.74) is 0.0916. The highest BCUT2D eigenvalue weighted by Gasteiger charge is 2.25. The monoisotopic (exact) mass is 255 g/mol. The molecule has 1 unspecified atom stereocenters. The van der Waals surface area contributed by atoms with Gasteiger partial charge in [0, 0.05) is 44.2 Å². The average Bonchev–Trinajstić information content (AvgIpc) is 2.27. The molecular weight excluding hydrogens is 226 g/mol. The summed E-state index contributed by atoms with van der Waals surface area (Å²) >= 11 is 0. The molecule has 1 rings (SSSR count). The Labute approximate surface area is 112 Å². The number of likely N-dealkylation sites (N-methyl/N-ethyl adjacent to an activating group) is 1. The minimum absolute atomic E-state index is 0.0916. The molecule has 0 spiro atoms. The topological polar surface area (TPSA) is 35.6 Å². The average molecular weight is 255 g/mol. The van der Waals surface area contributed by atoms with Crippen LogP contribution in [0, 0.1) is 0 Å². The Morgan fingerprint density at radius 1 is 1.33 bits per heavy atom. The van der Waals surface area contributed by atoms with Gasteiger partial charge in [-0.05, 0) is 34.2 Å². The maximum atomic E-state index is 12.1. The van der Waals surface area contributed by atoms with Crippen molar-refractivity contribution in [3.8, 4) is 0 Å². The lowest BCUT2D eigenvalue weighted by Gasteiger charge is -2.39. The molecule has 4 heteroatoms. The van der Waals surface area contributed by atoms with Crippen molar-refractivity contribution in [2.75, 3.05) is 33.2 Å². The van der Waals surface area contributed by atoms with E-state index in [2.05, 4.69) is 45.0 Å². The molecule has 1 fully saturated rings. The van der Waals surface area contributed by atoms with Crippen LogP contribution in [0.4, 0.5) is 0 Å². The quantitative estimate of drug-likeness (QED) is 0.823. The van der Waals surface area contributed by atoms with Gasteiger partial charge in [-0.3, -0.25) is 9.69 Å². The van der Waals surface area contributed by atoms with E-state index >= 15 is 0 Å². The fraction of sp³-hybridized carbons (Fsp3) is 0.929. The van der Waals surface area contributed by atoms with Crippen molar-refractivity contribution in [2.24, 2.45) is 0 Å². The van der Waals surface area contributed by atoms with Crippen molar-refractivity contribution in [3.63, 3.8) is 0 Å². The van der Waals surface area contributed by atoms with Gasteiger partial charge in [0.1, 0.15) is 0 Å². The van der Waals surface area contributed by atoms with E-state index in [0.717, 1.165) is 32.6 Å². The summed E-state index contributed by atoms with van der Waals surface area (Å²) in [6, 6.07) is 0.526. The smallest absolute Gasteiger partial charge is 0.223 e. The number of nitrogens with one attached hydrogen (secondary N) is 1. The molecule has 1 atom stereocenters. The molecule has 106 valence electrons. The molecule has 1 amide bonds. The number of hydrogen-bond donors (Lipinski definition) is 1. The van der Waals surface area contributed by atoms with Crippen LogP contribution in [0.1, 0.15) is 40.5 Å². The molecule has 0 radical (unpaired) electrons. The number of carbonyl (C=O) groups is 1. The van der Waals surface area contributed by atoms with Gasteiger partial charge in [0.15, 0.2) is 0 Å². The van der Waals surface area contributed by atoms with Crippen LogP contribution in [0.2, 0.25) is 0 Å². The Balaban J connectivity index is 2.34. The van der Waals surface area contributed by atoms with Gasteiger partial charge < -0.3 is 10.2 Å². The molecule has 1 aliphatic rings. The lowest BCUT2D eigenvalue weighted by atomic mass is 10.1. The number of piperazine rings is 1. The van der Waals surface area contributed by atoms with Crippen LogP contribution in [-0.2, 0) is 4.79 Å². The Morgan fingerprint density at radius 3 is 2.56 bits per heavy atom. The summed E-state index contributed by atoms with van der Waals surface area (Å²) in [7, 11) is 2.15. The fourth-order valence-electron chi connectivity index (χ4n) is 2.32. The van der Waals surface area contributed by atoms with Gasteiger partial charge in [0.05, 0.1) is 0 Å². The third-order valence-corrected chi connectivity index (χ3v) is 3.60. The third kappa shape index (κ3) is 4.94. The summed E-state index contributed by atoms with van der Waals surface area (Å²) in [6.07, 6.45) is 1.72. The lowest BCUT2D eigenvalue weighted by molar-refractivity contribution is -0.133. The molecular formula is C14H29N3O. The van der Waals surface area contributed by atoms with Crippen LogP contribution in [0.5, 0.6) is 0 Å². The zero-order valence-corrected chi connectivity index (χ0v) is 12.6. The molecule has 18 heavy (non-hydrogen) atoms. The molecule has 1 aliphatic heterocycles. The van der Waals surface area contributed by atoms with Crippen molar-refractivity contribution < 1.29 is 4.79 Å². The first-order chi connectivity index (χ1) is 8.33. The predicted molar refractivity (Wildman–Crippen MR) is 75.7 cm³/mol. The Kier molecular flexibility index (Phi) is 5.60. The molecule has 0 saturated carbocycles. The normalized spacial score (nSPS) is 22.3. The Hall–Kier alpha value is -0.610. The van der Waals surface area contributed by atoms with Crippen LogP contribution in [-0.4, -0.2) is 60.5 Å². The SMILES string of the molecule is CCC1CN(C(=O)CCNC(C)(C)C)CCN1C. The van der Waals surface area contributed by atoms with Crippen molar-refractivity contribution in [2.45, 2.75) is 52.1 Å². The van der Waals surface area contributed by atoms with Crippen molar-refractivity contribution in [1.29, 1.82) is 0 Å². The molecule has 1 heterocycles. The highest BCUT2D eigenvalue weighted by molar-refractivity contribution is 5.76. The zero-order chi connectivity index (χ0) is 13.8. The fourth-order valence-corrected chi connectivity index (χ4v) is 2.32. The van der Waals surface area contributed by atoms with Crippen LogP contribution in [0.3, 0.4) is 0 Å². The predicted octanol–water partition coefficient (Wildman–Crippen LogP) is 1.32. The minimum Gasteiger partial charge on any atom is -0.340 e. The molecule has 0 aromatic heterocycles. The molecule has 0 aliphatic carbocycles. The van der Waals surface area contributed by atoms with E-state index in [0.29, 0.717) is 18.4 Å². The van der Waals surface area contributed by atoms with Crippen molar-refractivity contribution in [3.05, 3.63) is 0 Å². The van der Waals surface area contributed by atoms with Gasteiger partial charge in [-0.25, -0.2) is 0 Å². The zero-order valence-electron chi connectivity index (χ0n) is 12.6. The minimum atomic E-state index is 0.0916. The molecule has 0 bridgehead atoms. The third-order valence-electron chi connectivity index (χ3n) is 3.60. The standard InChI is InChI=1S/C14H29N3O/c1-6-12-11-17(10-9-16(12)5)13(18)7-8-15-14(2,3)4/h12,15H,6-11H2,1-5H3. The highest BCUT2D eigenvalue weighted by Crippen LogP contribution is 2.11. The summed E-state index contributed by atoms with van der Waals surface area (Å²) in [5, 5.41) is 3.37. The molecule has 1 saturated heterocycles. The highest BCUT2D eigenvalue weighted by atomic mass is 16.2. The second-order valence-electron chi connectivity index (χ2n) is 6.31. The largest absolute Gasteiger partial charge is 0.340 e. The molecule has 1 N–H and O–H groups in total. The van der Waals surface area contributed by atoms with E-state index in [1.54, 1.807) is 0 Å². The van der Waals surface area contributed by atoms with Crippen LogP contribution < -0.4 is 5.32 Å². The lowest BCUT2D eigenvalue weighted by Crippen LogP contribution is -2.53. The van der Waals surface area contributed by atoms with Gasteiger partial charge in [0.25, 0.3) is 0 Å². The number of rotatable bonds is 4. The number of carbonyl (C=O) groups excluding carboxylic acids is 1. The Morgan fingerprint density at radius 2 is 2.00 bits per heavy atom. The van der Waals surface area contributed by atoms with Crippen LogP contribution in [0.25, 0.3) is 0 Å². The number of hydrogen-bond acceptors (Lipinski definition) is 3. The second-order valence-corrected chi connectivity index (χ2v) is 6.31. The van der Waals surface area contributed by atoms with Gasteiger partial charge in [0.2, 0.25) is 5.91 Å². The maximum Gasteiger partial charge on any atom is 0.223 e. The van der Waals surface area contributed by atoms with E-state index in [4.69, 9.17) is 0 Å².